The minimum Gasteiger partial charge on any atom is -0.336 e. The zero-order valence-electron chi connectivity index (χ0n) is 16.9. The zero-order chi connectivity index (χ0) is 20.5. The highest BCUT2D eigenvalue weighted by Crippen LogP contribution is 2.26. The molecule has 1 aliphatic heterocycles. The van der Waals surface area contributed by atoms with Crippen molar-refractivity contribution in [2.45, 2.75) is 62.9 Å². The summed E-state index contributed by atoms with van der Waals surface area (Å²) in [5, 5.41) is 0.111. The summed E-state index contributed by atoms with van der Waals surface area (Å²) in [7, 11) is -3.82. The minimum absolute atomic E-state index is 0.0560. The predicted octanol–water partition coefficient (Wildman–Crippen LogP) is 3.12. The van der Waals surface area contributed by atoms with E-state index >= 15 is 0 Å². The number of hydrogen-bond acceptors (Lipinski definition) is 4. The number of carbonyl (C=O) groups excluding carboxylic acids is 1. The maximum atomic E-state index is 13.0. The molecule has 2 aliphatic rings. The molecular weight excluding hydrogens is 398 g/mol. The zero-order valence-corrected chi connectivity index (χ0v) is 18.4. The van der Waals surface area contributed by atoms with Crippen molar-refractivity contribution in [3.63, 3.8) is 0 Å². The second kappa shape index (κ2) is 8.30. The molecule has 0 atom stereocenters. The Kier molecular flexibility index (Phi) is 6.39. The van der Waals surface area contributed by atoms with Gasteiger partial charge in [0.15, 0.2) is 0 Å². The second-order valence-electron chi connectivity index (χ2n) is 8.77. The predicted molar refractivity (Wildman–Crippen MR) is 111 cm³/mol. The van der Waals surface area contributed by atoms with Gasteiger partial charge in [0, 0.05) is 43.3 Å². The molecule has 0 aromatic heterocycles. The Hall–Kier alpha value is -1.15. The van der Waals surface area contributed by atoms with E-state index in [1.165, 1.54) is 37.8 Å². The van der Waals surface area contributed by atoms with Crippen molar-refractivity contribution in [3.8, 4) is 0 Å². The molecule has 1 heterocycles. The van der Waals surface area contributed by atoms with E-state index in [0.717, 1.165) is 13.1 Å². The van der Waals surface area contributed by atoms with Crippen LogP contribution >= 0.6 is 11.6 Å². The van der Waals surface area contributed by atoms with Gasteiger partial charge in [-0.1, -0.05) is 24.4 Å². The summed E-state index contributed by atoms with van der Waals surface area (Å²) >= 11 is 6.14. The summed E-state index contributed by atoms with van der Waals surface area (Å²) < 4.78 is 28.0. The second-order valence-corrected chi connectivity index (χ2v) is 10.8. The number of nitrogens with one attached hydrogen (secondary N) is 1. The maximum Gasteiger partial charge on any atom is 0.253 e. The van der Waals surface area contributed by atoms with Crippen LogP contribution in [-0.2, 0) is 10.0 Å². The molecule has 1 amide bonds. The van der Waals surface area contributed by atoms with E-state index in [4.69, 9.17) is 11.6 Å². The molecule has 0 radical (unpaired) electrons. The molecule has 1 N–H and O–H groups in total. The average molecular weight is 428 g/mol. The first kappa shape index (κ1) is 21.6. The normalized spacial score (nSPS) is 19.9. The van der Waals surface area contributed by atoms with Crippen molar-refractivity contribution in [2.75, 3.05) is 26.2 Å². The van der Waals surface area contributed by atoms with Gasteiger partial charge in [0.2, 0.25) is 10.0 Å². The molecule has 1 aromatic rings. The van der Waals surface area contributed by atoms with Crippen LogP contribution in [0.2, 0.25) is 5.02 Å². The Morgan fingerprint density at radius 2 is 1.71 bits per heavy atom. The summed E-state index contributed by atoms with van der Waals surface area (Å²) in [4.78, 5) is 17.2. The molecule has 1 aliphatic carbocycles. The van der Waals surface area contributed by atoms with Gasteiger partial charge in [-0.3, -0.25) is 9.69 Å². The number of amides is 1. The van der Waals surface area contributed by atoms with Crippen LogP contribution in [0, 0.1) is 0 Å². The largest absolute Gasteiger partial charge is 0.336 e. The van der Waals surface area contributed by atoms with Crippen molar-refractivity contribution in [1.82, 2.24) is 14.5 Å². The van der Waals surface area contributed by atoms with Gasteiger partial charge in [0.25, 0.3) is 5.91 Å². The van der Waals surface area contributed by atoms with Crippen molar-refractivity contribution in [1.29, 1.82) is 0 Å². The molecule has 0 unspecified atom stereocenters. The third kappa shape index (κ3) is 5.06. The molecule has 8 heteroatoms. The third-order valence-electron chi connectivity index (χ3n) is 5.35. The minimum atomic E-state index is -3.82. The summed E-state index contributed by atoms with van der Waals surface area (Å²) in [5.41, 5.74) is -0.286. The lowest BCUT2D eigenvalue weighted by molar-refractivity contribution is 0.0573. The van der Waals surface area contributed by atoms with Gasteiger partial charge in [-0.2, -0.15) is 0 Å². The summed E-state index contributed by atoms with van der Waals surface area (Å²) in [6.45, 7) is 8.37. The van der Waals surface area contributed by atoms with Gasteiger partial charge < -0.3 is 4.90 Å². The van der Waals surface area contributed by atoms with Gasteiger partial charge >= 0.3 is 0 Å². The Labute approximate surface area is 173 Å². The Balaban J connectivity index is 1.73. The summed E-state index contributed by atoms with van der Waals surface area (Å²) in [6, 6.07) is 5.14. The lowest BCUT2D eigenvalue weighted by atomic mass is 10.1. The number of nitrogens with zero attached hydrogens (tertiary/aromatic N) is 2. The lowest BCUT2D eigenvalue weighted by Gasteiger charge is -2.38. The number of sulfonamides is 1. The van der Waals surface area contributed by atoms with E-state index in [0.29, 0.717) is 24.7 Å². The van der Waals surface area contributed by atoms with E-state index in [9.17, 15) is 13.2 Å². The highest BCUT2D eigenvalue weighted by molar-refractivity contribution is 7.89. The fourth-order valence-corrected chi connectivity index (χ4v) is 5.99. The maximum absolute atomic E-state index is 13.0. The SMILES string of the molecule is CC(C)(C)NS(=O)(=O)c1cc(C(=O)N2CCN(C3CCCC3)CC2)ccc1Cl. The molecule has 0 bridgehead atoms. The van der Waals surface area contributed by atoms with Crippen molar-refractivity contribution >= 4 is 27.5 Å². The van der Waals surface area contributed by atoms with E-state index in [1.807, 2.05) is 4.90 Å². The number of benzene rings is 1. The van der Waals surface area contributed by atoms with Crippen LogP contribution in [0.4, 0.5) is 0 Å². The van der Waals surface area contributed by atoms with Crippen molar-refractivity contribution < 1.29 is 13.2 Å². The van der Waals surface area contributed by atoms with Crippen molar-refractivity contribution in [2.24, 2.45) is 0 Å². The monoisotopic (exact) mass is 427 g/mol. The van der Waals surface area contributed by atoms with E-state index < -0.39 is 15.6 Å². The molecule has 0 spiro atoms. The fraction of sp³-hybridized carbons (Fsp3) is 0.650. The van der Waals surface area contributed by atoms with Gasteiger partial charge in [0.1, 0.15) is 4.90 Å². The Bertz CT molecular complexity index is 822. The first-order chi connectivity index (χ1) is 13.1. The molecule has 1 saturated heterocycles. The van der Waals surface area contributed by atoms with E-state index in [1.54, 1.807) is 26.8 Å². The third-order valence-corrected chi connectivity index (χ3v) is 7.59. The van der Waals surface area contributed by atoms with E-state index in [2.05, 4.69) is 9.62 Å². The summed E-state index contributed by atoms with van der Waals surface area (Å²) in [5.74, 6) is -0.144. The molecule has 156 valence electrons. The van der Waals surface area contributed by atoms with Crippen LogP contribution in [0.3, 0.4) is 0 Å². The number of carbonyl (C=O) groups is 1. The highest BCUT2D eigenvalue weighted by atomic mass is 35.5. The summed E-state index contributed by atoms with van der Waals surface area (Å²) in [6.07, 6.45) is 5.11. The molecular formula is C20H30ClN3O3S. The van der Waals surface area contributed by atoms with Gasteiger partial charge in [0.05, 0.1) is 5.02 Å². The van der Waals surface area contributed by atoms with Crippen LogP contribution < -0.4 is 4.72 Å². The fourth-order valence-electron chi connectivity index (χ4n) is 4.04. The number of halogens is 1. The average Bonchev–Trinajstić information content (AvgIpc) is 3.14. The first-order valence-electron chi connectivity index (χ1n) is 9.94. The van der Waals surface area contributed by atoms with Crippen LogP contribution in [0.15, 0.2) is 23.1 Å². The molecule has 6 nitrogen and oxygen atoms in total. The van der Waals surface area contributed by atoms with Crippen LogP contribution in [-0.4, -0.2) is 61.9 Å². The smallest absolute Gasteiger partial charge is 0.253 e. The molecule has 3 rings (SSSR count). The van der Waals surface area contributed by atoms with Crippen LogP contribution in [0.1, 0.15) is 56.8 Å². The number of piperazine rings is 1. The quantitative estimate of drug-likeness (QED) is 0.801. The molecule has 2 fully saturated rings. The first-order valence-corrected chi connectivity index (χ1v) is 11.8. The van der Waals surface area contributed by atoms with E-state index in [-0.39, 0.29) is 15.8 Å². The topological polar surface area (TPSA) is 69.7 Å². The van der Waals surface area contributed by atoms with Gasteiger partial charge in [-0.05, 0) is 51.8 Å². The van der Waals surface area contributed by atoms with Crippen molar-refractivity contribution in [3.05, 3.63) is 28.8 Å². The lowest BCUT2D eigenvalue weighted by Crippen LogP contribution is -2.51. The number of hydrogen-bond donors (Lipinski definition) is 1. The Morgan fingerprint density at radius 3 is 2.29 bits per heavy atom. The highest BCUT2D eigenvalue weighted by Gasteiger charge is 2.30. The van der Waals surface area contributed by atoms with Crippen LogP contribution in [0.25, 0.3) is 0 Å². The number of rotatable bonds is 4. The molecule has 1 saturated carbocycles. The standard InChI is InChI=1S/C20H30ClN3O3S/c1-20(2,3)22-28(26,27)18-14-15(8-9-17(18)21)19(25)24-12-10-23(11-13-24)16-6-4-5-7-16/h8-9,14,16,22H,4-7,10-13H2,1-3H3. The Morgan fingerprint density at radius 1 is 1.11 bits per heavy atom. The van der Waals surface area contributed by atoms with Crippen LogP contribution in [0.5, 0.6) is 0 Å². The molecule has 28 heavy (non-hydrogen) atoms. The van der Waals surface area contributed by atoms with Gasteiger partial charge in [-0.25, -0.2) is 13.1 Å². The molecule has 1 aromatic carbocycles. The van der Waals surface area contributed by atoms with Gasteiger partial charge in [-0.15, -0.1) is 0 Å².